The summed E-state index contributed by atoms with van der Waals surface area (Å²) in [4.78, 5) is 27.1. The van der Waals surface area contributed by atoms with E-state index < -0.39 is 12.0 Å². The average molecular weight is 408 g/mol. The molecular formula is C24H28N2O4. The zero-order chi connectivity index (χ0) is 21.8. The Labute approximate surface area is 177 Å². The minimum atomic E-state index is -0.607. The molecule has 0 spiro atoms. The number of likely N-dealkylation sites (N-methyl/N-ethyl adjacent to an activating group) is 1. The van der Waals surface area contributed by atoms with E-state index in [-0.39, 0.29) is 19.2 Å². The van der Waals surface area contributed by atoms with E-state index in [2.05, 4.69) is 5.32 Å². The lowest BCUT2D eigenvalue weighted by molar-refractivity contribution is -0.139. The average Bonchev–Trinajstić information content (AvgIpc) is 2.72. The number of benzene rings is 2. The van der Waals surface area contributed by atoms with E-state index in [9.17, 15) is 9.59 Å². The van der Waals surface area contributed by atoms with Crippen LogP contribution in [0.5, 0.6) is 5.75 Å². The van der Waals surface area contributed by atoms with E-state index in [1.54, 1.807) is 14.0 Å². The third kappa shape index (κ3) is 4.48. The Morgan fingerprint density at radius 1 is 1.07 bits per heavy atom. The molecule has 2 aromatic carbocycles. The minimum absolute atomic E-state index is 0.0719. The predicted octanol–water partition coefficient (Wildman–Crippen LogP) is 4.20. The second-order valence-corrected chi connectivity index (χ2v) is 7.48. The van der Waals surface area contributed by atoms with Gasteiger partial charge in [0, 0.05) is 7.05 Å². The number of nitrogens with zero attached hydrogens (tertiary/aromatic N) is 1. The van der Waals surface area contributed by atoms with Crippen LogP contribution >= 0.6 is 0 Å². The number of amides is 2. The highest BCUT2D eigenvalue weighted by atomic mass is 16.5. The lowest BCUT2D eigenvalue weighted by atomic mass is 9.90. The zero-order valence-electron chi connectivity index (χ0n) is 18.1. The molecule has 1 aliphatic heterocycles. The third-order valence-corrected chi connectivity index (χ3v) is 5.21. The lowest BCUT2D eigenvalue weighted by Gasteiger charge is -2.35. The second-order valence-electron chi connectivity index (χ2n) is 7.48. The third-order valence-electron chi connectivity index (χ3n) is 5.21. The van der Waals surface area contributed by atoms with Crippen LogP contribution in [0.1, 0.15) is 35.2 Å². The van der Waals surface area contributed by atoms with E-state index in [0.29, 0.717) is 17.0 Å². The van der Waals surface area contributed by atoms with E-state index in [0.717, 1.165) is 22.3 Å². The number of nitrogens with one attached hydrogen (secondary N) is 1. The van der Waals surface area contributed by atoms with Crippen molar-refractivity contribution in [1.29, 1.82) is 0 Å². The van der Waals surface area contributed by atoms with Crippen LogP contribution in [-0.4, -0.2) is 37.2 Å². The van der Waals surface area contributed by atoms with E-state index in [1.807, 2.05) is 63.2 Å². The molecule has 1 N–H and O–H groups in total. The van der Waals surface area contributed by atoms with Crippen molar-refractivity contribution in [2.24, 2.45) is 0 Å². The maximum Gasteiger partial charge on any atom is 0.338 e. The van der Waals surface area contributed by atoms with Gasteiger partial charge in [-0.3, -0.25) is 4.90 Å². The number of hydrogen-bond acceptors (Lipinski definition) is 4. The SMILES string of the molecule is CCOC(=O)C1=C(COc2ccc(C)cc2)N(C)C(=O)N[C@H]1c1cc(C)ccc1C. The van der Waals surface area contributed by atoms with Gasteiger partial charge >= 0.3 is 12.0 Å². The summed E-state index contributed by atoms with van der Waals surface area (Å²) in [5.74, 6) is 0.205. The highest BCUT2D eigenvalue weighted by molar-refractivity contribution is 5.95. The topological polar surface area (TPSA) is 67.9 Å². The molecular weight excluding hydrogens is 380 g/mol. The zero-order valence-corrected chi connectivity index (χ0v) is 18.1. The Morgan fingerprint density at radius 2 is 1.73 bits per heavy atom. The fourth-order valence-corrected chi connectivity index (χ4v) is 3.47. The van der Waals surface area contributed by atoms with Crippen LogP contribution in [0.25, 0.3) is 0 Å². The first-order chi connectivity index (χ1) is 14.3. The van der Waals surface area contributed by atoms with Gasteiger partial charge in [0.15, 0.2) is 0 Å². The summed E-state index contributed by atoms with van der Waals surface area (Å²) in [7, 11) is 1.63. The Morgan fingerprint density at radius 3 is 2.40 bits per heavy atom. The van der Waals surface area contributed by atoms with Gasteiger partial charge in [0.1, 0.15) is 12.4 Å². The molecule has 2 amide bonds. The second kappa shape index (κ2) is 9.03. The van der Waals surface area contributed by atoms with E-state index in [1.165, 1.54) is 4.90 Å². The van der Waals surface area contributed by atoms with E-state index in [4.69, 9.17) is 9.47 Å². The van der Waals surface area contributed by atoms with E-state index >= 15 is 0 Å². The Bertz CT molecular complexity index is 979. The summed E-state index contributed by atoms with van der Waals surface area (Å²) < 4.78 is 11.3. The monoisotopic (exact) mass is 408 g/mol. The predicted molar refractivity (Wildman–Crippen MR) is 115 cm³/mol. The van der Waals surface area contributed by atoms with Gasteiger partial charge in [0.25, 0.3) is 0 Å². The molecule has 30 heavy (non-hydrogen) atoms. The van der Waals surface area contributed by atoms with Gasteiger partial charge in [0.05, 0.1) is 23.9 Å². The van der Waals surface area contributed by atoms with Crippen LogP contribution < -0.4 is 10.1 Å². The highest BCUT2D eigenvalue weighted by Gasteiger charge is 2.37. The first-order valence-electron chi connectivity index (χ1n) is 10.0. The maximum absolute atomic E-state index is 13.0. The first kappa shape index (κ1) is 21.4. The van der Waals surface area contributed by atoms with Crippen molar-refractivity contribution >= 4 is 12.0 Å². The molecule has 0 saturated carbocycles. The van der Waals surface area contributed by atoms with Crippen LogP contribution in [0.15, 0.2) is 53.7 Å². The summed E-state index contributed by atoms with van der Waals surface area (Å²) in [6.07, 6.45) is 0. The molecule has 2 aromatic rings. The van der Waals surface area contributed by atoms with Gasteiger partial charge in [0.2, 0.25) is 0 Å². The van der Waals surface area contributed by atoms with Crippen molar-refractivity contribution in [3.63, 3.8) is 0 Å². The van der Waals surface area contributed by atoms with Gasteiger partial charge in [-0.1, -0.05) is 41.5 Å². The molecule has 1 aliphatic rings. The number of carbonyl (C=O) groups excluding carboxylic acids is 2. The molecule has 0 aliphatic carbocycles. The molecule has 158 valence electrons. The molecule has 0 aromatic heterocycles. The number of hydrogen-bond donors (Lipinski definition) is 1. The van der Waals surface area contributed by atoms with Crippen molar-refractivity contribution in [2.75, 3.05) is 20.3 Å². The molecule has 0 bridgehead atoms. The number of ether oxygens (including phenoxy) is 2. The largest absolute Gasteiger partial charge is 0.487 e. The number of carbonyl (C=O) groups is 2. The fourth-order valence-electron chi connectivity index (χ4n) is 3.47. The molecule has 1 atom stereocenters. The number of urea groups is 1. The smallest absolute Gasteiger partial charge is 0.338 e. The Balaban J connectivity index is 2.06. The van der Waals surface area contributed by atoms with Crippen LogP contribution in [0.2, 0.25) is 0 Å². The van der Waals surface area contributed by atoms with Crippen molar-refractivity contribution in [1.82, 2.24) is 10.2 Å². The minimum Gasteiger partial charge on any atom is -0.487 e. The number of esters is 1. The van der Waals surface area contributed by atoms with Gasteiger partial charge in [-0.2, -0.15) is 0 Å². The Kier molecular flexibility index (Phi) is 6.45. The highest BCUT2D eigenvalue weighted by Crippen LogP contribution is 2.33. The van der Waals surface area contributed by atoms with Crippen molar-refractivity contribution in [3.8, 4) is 5.75 Å². The van der Waals surface area contributed by atoms with Crippen LogP contribution in [-0.2, 0) is 9.53 Å². The van der Waals surface area contributed by atoms with Gasteiger partial charge in [-0.25, -0.2) is 9.59 Å². The maximum atomic E-state index is 13.0. The fraction of sp³-hybridized carbons (Fsp3) is 0.333. The number of aryl methyl sites for hydroxylation is 3. The molecule has 0 fully saturated rings. The molecule has 1 heterocycles. The molecule has 3 rings (SSSR count). The summed E-state index contributed by atoms with van der Waals surface area (Å²) in [5.41, 5.74) is 4.90. The van der Waals surface area contributed by atoms with Gasteiger partial charge in [-0.05, 0) is 51.0 Å². The Hall–Kier alpha value is -3.28. The van der Waals surface area contributed by atoms with Crippen LogP contribution in [0.4, 0.5) is 4.79 Å². The first-order valence-corrected chi connectivity index (χ1v) is 10.0. The standard InChI is InChI=1S/C24H28N2O4/c1-6-29-23(27)21-20(14-30-18-11-8-15(2)9-12-18)26(5)24(28)25-22(21)19-13-16(3)7-10-17(19)4/h7-13,22H,6,14H2,1-5H3,(H,25,28)/t22-/m0/s1. The summed E-state index contributed by atoms with van der Waals surface area (Å²) in [6, 6.07) is 12.7. The summed E-state index contributed by atoms with van der Waals surface area (Å²) in [5, 5.41) is 2.95. The molecule has 0 unspecified atom stereocenters. The van der Waals surface area contributed by atoms with Gasteiger partial charge < -0.3 is 14.8 Å². The molecule has 6 heteroatoms. The summed E-state index contributed by atoms with van der Waals surface area (Å²) in [6.45, 7) is 8.02. The van der Waals surface area contributed by atoms with Crippen molar-refractivity contribution in [3.05, 3.63) is 76.0 Å². The van der Waals surface area contributed by atoms with Crippen LogP contribution in [0, 0.1) is 20.8 Å². The lowest BCUT2D eigenvalue weighted by Crippen LogP contribution is -2.48. The van der Waals surface area contributed by atoms with Crippen molar-refractivity contribution < 1.29 is 19.1 Å². The molecule has 6 nitrogen and oxygen atoms in total. The van der Waals surface area contributed by atoms with Crippen LogP contribution in [0.3, 0.4) is 0 Å². The number of rotatable bonds is 6. The normalized spacial score (nSPS) is 16.4. The van der Waals surface area contributed by atoms with Crippen molar-refractivity contribution in [2.45, 2.75) is 33.7 Å². The summed E-state index contributed by atoms with van der Waals surface area (Å²) >= 11 is 0. The molecule has 0 saturated heterocycles. The van der Waals surface area contributed by atoms with Gasteiger partial charge in [-0.15, -0.1) is 0 Å². The quantitative estimate of drug-likeness (QED) is 0.728. The molecule has 0 radical (unpaired) electrons.